The first kappa shape index (κ1) is 14.2. The van der Waals surface area contributed by atoms with Gasteiger partial charge in [0.2, 0.25) is 0 Å². The van der Waals surface area contributed by atoms with E-state index < -0.39 is 0 Å². The third-order valence-corrected chi connectivity index (χ3v) is 3.98. The van der Waals surface area contributed by atoms with Crippen LogP contribution < -0.4 is 5.32 Å². The second kappa shape index (κ2) is 5.80. The number of rotatable bonds is 1. The summed E-state index contributed by atoms with van der Waals surface area (Å²) in [6, 6.07) is 5.32. The van der Waals surface area contributed by atoms with Gasteiger partial charge in [-0.1, -0.05) is 24.6 Å². The average molecular weight is 283 g/mol. The molecule has 0 aromatic heterocycles. The maximum Gasteiger partial charge on any atom is 0.321 e. The van der Waals surface area contributed by atoms with Crippen molar-refractivity contribution in [1.82, 2.24) is 4.90 Å². The number of benzene rings is 1. The highest BCUT2D eigenvalue weighted by Crippen LogP contribution is 2.21. The summed E-state index contributed by atoms with van der Waals surface area (Å²) < 4.78 is 0. The van der Waals surface area contributed by atoms with Crippen molar-refractivity contribution in [2.24, 2.45) is 5.92 Å². The van der Waals surface area contributed by atoms with Gasteiger partial charge in [0.25, 0.3) is 0 Å². The highest BCUT2D eigenvalue weighted by molar-refractivity contribution is 6.31. The Balaban J connectivity index is 1.99. The summed E-state index contributed by atoms with van der Waals surface area (Å²) in [6.07, 6.45) is 0.321. The Labute approximate surface area is 118 Å². The van der Waals surface area contributed by atoms with Gasteiger partial charge in [-0.05, 0) is 37.0 Å². The van der Waals surface area contributed by atoms with Gasteiger partial charge < -0.3 is 15.3 Å². The van der Waals surface area contributed by atoms with Gasteiger partial charge in [-0.25, -0.2) is 4.79 Å². The van der Waals surface area contributed by atoms with E-state index in [0.29, 0.717) is 30.2 Å². The molecule has 0 saturated carbocycles. The van der Waals surface area contributed by atoms with E-state index in [1.807, 2.05) is 26.0 Å². The minimum atomic E-state index is -0.308. The minimum absolute atomic E-state index is 0.112. The predicted molar refractivity (Wildman–Crippen MR) is 76.6 cm³/mol. The number of amides is 2. The Kier molecular flexibility index (Phi) is 4.32. The number of nitrogens with one attached hydrogen (secondary N) is 1. The molecule has 0 spiro atoms. The zero-order valence-corrected chi connectivity index (χ0v) is 11.9. The van der Waals surface area contributed by atoms with Crippen molar-refractivity contribution in [1.29, 1.82) is 0 Å². The van der Waals surface area contributed by atoms with Crippen molar-refractivity contribution in [3.63, 3.8) is 0 Å². The molecule has 1 aliphatic rings. The van der Waals surface area contributed by atoms with E-state index in [2.05, 4.69) is 5.32 Å². The van der Waals surface area contributed by atoms with Crippen LogP contribution in [0.4, 0.5) is 10.5 Å². The maximum atomic E-state index is 12.1. The smallest absolute Gasteiger partial charge is 0.321 e. The molecule has 1 aromatic rings. The first-order valence-corrected chi connectivity index (χ1v) is 6.85. The van der Waals surface area contributed by atoms with E-state index in [4.69, 9.17) is 11.6 Å². The van der Waals surface area contributed by atoms with Gasteiger partial charge in [0.1, 0.15) is 0 Å². The number of carbonyl (C=O) groups excluding carboxylic acids is 1. The number of halogens is 1. The molecule has 1 aromatic carbocycles. The molecule has 0 radical (unpaired) electrons. The molecule has 104 valence electrons. The van der Waals surface area contributed by atoms with E-state index in [9.17, 15) is 9.90 Å². The van der Waals surface area contributed by atoms with Crippen molar-refractivity contribution in [2.45, 2.75) is 26.4 Å². The molecule has 1 saturated heterocycles. The van der Waals surface area contributed by atoms with Crippen LogP contribution in [-0.2, 0) is 0 Å². The molecule has 2 amide bonds. The lowest BCUT2D eigenvalue weighted by molar-refractivity contribution is 0.0506. The summed E-state index contributed by atoms with van der Waals surface area (Å²) in [5.41, 5.74) is 1.67. The lowest BCUT2D eigenvalue weighted by Crippen LogP contribution is -2.46. The van der Waals surface area contributed by atoms with Crippen LogP contribution in [0.2, 0.25) is 5.02 Å². The molecule has 0 bridgehead atoms. The largest absolute Gasteiger partial charge is 0.393 e. The zero-order valence-electron chi connectivity index (χ0n) is 11.2. The molecule has 2 N–H and O–H groups in total. The highest BCUT2D eigenvalue weighted by atomic mass is 35.5. The van der Waals surface area contributed by atoms with Crippen LogP contribution in [0.25, 0.3) is 0 Å². The van der Waals surface area contributed by atoms with Crippen LogP contribution in [0.15, 0.2) is 18.2 Å². The number of carbonyl (C=O) groups is 1. The maximum absolute atomic E-state index is 12.1. The zero-order chi connectivity index (χ0) is 14.0. The monoisotopic (exact) mass is 282 g/mol. The third-order valence-electron chi connectivity index (χ3n) is 3.57. The molecule has 2 rings (SSSR count). The number of urea groups is 1. The molecule has 1 heterocycles. The third kappa shape index (κ3) is 3.39. The summed E-state index contributed by atoms with van der Waals surface area (Å²) in [5.74, 6) is 0.112. The molecule has 0 aliphatic carbocycles. The number of aryl methyl sites for hydroxylation is 1. The number of likely N-dealkylation sites (tertiary alicyclic amines) is 1. The Hall–Kier alpha value is -1.26. The van der Waals surface area contributed by atoms with Crippen molar-refractivity contribution >= 4 is 23.3 Å². The standard InChI is InChI=1S/C14H19ClN2O2/c1-9-3-4-11(7-12(9)15)16-14(19)17-6-5-13(18)10(2)8-17/h3-4,7,10,13,18H,5-6,8H2,1-2H3,(H,16,19)/t10-,13-/m0/s1. The van der Waals surface area contributed by atoms with Gasteiger partial charge >= 0.3 is 6.03 Å². The van der Waals surface area contributed by atoms with Crippen molar-refractivity contribution in [3.8, 4) is 0 Å². The van der Waals surface area contributed by atoms with E-state index >= 15 is 0 Å². The van der Waals surface area contributed by atoms with Crippen molar-refractivity contribution in [3.05, 3.63) is 28.8 Å². The van der Waals surface area contributed by atoms with Gasteiger partial charge in [0, 0.05) is 23.8 Å². The molecule has 19 heavy (non-hydrogen) atoms. The fourth-order valence-electron chi connectivity index (χ4n) is 2.19. The van der Waals surface area contributed by atoms with Gasteiger partial charge in [-0.15, -0.1) is 0 Å². The van der Waals surface area contributed by atoms with Crippen molar-refractivity contribution < 1.29 is 9.90 Å². The van der Waals surface area contributed by atoms with Crippen molar-refractivity contribution in [2.75, 3.05) is 18.4 Å². The van der Waals surface area contributed by atoms with E-state index in [-0.39, 0.29) is 18.1 Å². The number of hydrogen-bond acceptors (Lipinski definition) is 2. The minimum Gasteiger partial charge on any atom is -0.393 e. The number of aliphatic hydroxyl groups is 1. The summed E-state index contributed by atoms with van der Waals surface area (Å²) >= 11 is 6.03. The van der Waals surface area contributed by atoms with Gasteiger partial charge in [0.15, 0.2) is 0 Å². The Morgan fingerprint density at radius 1 is 1.53 bits per heavy atom. The highest BCUT2D eigenvalue weighted by Gasteiger charge is 2.27. The van der Waals surface area contributed by atoms with Crippen LogP contribution in [0.5, 0.6) is 0 Å². The number of nitrogens with zero attached hydrogens (tertiary/aromatic N) is 1. The molecular formula is C14H19ClN2O2. The molecule has 5 heteroatoms. The second-order valence-electron chi connectivity index (χ2n) is 5.17. The van der Waals surface area contributed by atoms with Crippen LogP contribution in [-0.4, -0.2) is 35.2 Å². The lowest BCUT2D eigenvalue weighted by Gasteiger charge is -2.34. The average Bonchev–Trinajstić information content (AvgIpc) is 2.37. The fourth-order valence-corrected chi connectivity index (χ4v) is 2.37. The van der Waals surface area contributed by atoms with Crippen LogP contribution in [0, 0.1) is 12.8 Å². The van der Waals surface area contributed by atoms with Gasteiger partial charge in [-0.3, -0.25) is 0 Å². The number of piperidine rings is 1. The Morgan fingerprint density at radius 3 is 2.89 bits per heavy atom. The van der Waals surface area contributed by atoms with Gasteiger partial charge in [-0.2, -0.15) is 0 Å². The molecule has 0 unspecified atom stereocenters. The van der Waals surface area contributed by atoms with Crippen LogP contribution in [0.3, 0.4) is 0 Å². The first-order valence-electron chi connectivity index (χ1n) is 6.47. The topological polar surface area (TPSA) is 52.6 Å². The second-order valence-corrected chi connectivity index (χ2v) is 5.58. The summed E-state index contributed by atoms with van der Waals surface area (Å²) in [4.78, 5) is 13.8. The summed E-state index contributed by atoms with van der Waals surface area (Å²) in [5, 5.41) is 13.1. The quantitative estimate of drug-likeness (QED) is 0.832. The van der Waals surface area contributed by atoms with E-state index in [1.165, 1.54) is 0 Å². The summed E-state index contributed by atoms with van der Waals surface area (Å²) in [6.45, 7) is 5.03. The van der Waals surface area contributed by atoms with E-state index in [0.717, 1.165) is 5.56 Å². The van der Waals surface area contributed by atoms with Crippen LogP contribution in [0.1, 0.15) is 18.9 Å². The molecule has 2 atom stereocenters. The number of aliphatic hydroxyl groups excluding tert-OH is 1. The fraction of sp³-hybridized carbons (Fsp3) is 0.500. The van der Waals surface area contributed by atoms with Gasteiger partial charge in [0.05, 0.1) is 6.10 Å². The summed E-state index contributed by atoms with van der Waals surface area (Å²) in [7, 11) is 0. The number of anilines is 1. The Morgan fingerprint density at radius 2 is 2.26 bits per heavy atom. The predicted octanol–water partition coefficient (Wildman–Crippen LogP) is 2.88. The van der Waals surface area contributed by atoms with Crippen LogP contribution >= 0.6 is 11.6 Å². The molecule has 1 aliphatic heterocycles. The number of hydrogen-bond donors (Lipinski definition) is 2. The SMILES string of the molecule is Cc1ccc(NC(=O)N2CC[C@H](O)[C@@H](C)C2)cc1Cl. The molecular weight excluding hydrogens is 264 g/mol. The molecule has 1 fully saturated rings. The first-order chi connectivity index (χ1) is 8.97. The van der Waals surface area contributed by atoms with E-state index in [1.54, 1.807) is 11.0 Å². The molecule has 4 nitrogen and oxygen atoms in total. The Bertz CT molecular complexity index is 479. The lowest BCUT2D eigenvalue weighted by atomic mass is 9.97. The normalized spacial score (nSPS) is 23.3.